The summed E-state index contributed by atoms with van der Waals surface area (Å²) in [5, 5.41) is 0. The molecule has 3 nitrogen and oxygen atoms in total. The third kappa shape index (κ3) is 2.91. The van der Waals surface area contributed by atoms with Gasteiger partial charge in [-0.2, -0.15) is 0 Å². The maximum Gasteiger partial charge on any atom is 0.169 e. The van der Waals surface area contributed by atoms with Gasteiger partial charge in [0, 0.05) is 11.6 Å². The van der Waals surface area contributed by atoms with Crippen molar-refractivity contribution in [3.05, 3.63) is 53.3 Å². The van der Waals surface area contributed by atoms with Crippen LogP contribution in [0.3, 0.4) is 0 Å². The van der Waals surface area contributed by atoms with Crippen LogP contribution in [0.5, 0.6) is 17.2 Å². The van der Waals surface area contributed by atoms with E-state index in [1.807, 2.05) is 19.1 Å². The summed E-state index contributed by atoms with van der Waals surface area (Å²) in [6, 6.07) is 9.87. The van der Waals surface area contributed by atoms with Crippen molar-refractivity contribution in [1.29, 1.82) is 0 Å². The van der Waals surface area contributed by atoms with E-state index in [-0.39, 0.29) is 11.8 Å². The van der Waals surface area contributed by atoms with E-state index in [2.05, 4.69) is 0 Å². The van der Waals surface area contributed by atoms with Gasteiger partial charge in [0.2, 0.25) is 0 Å². The second-order valence-corrected chi connectivity index (χ2v) is 4.70. The SMILES string of the molecule is COc1cc(C)ccc1Oc1c(F)cccc1C(C)N. The molecule has 0 saturated heterocycles. The minimum absolute atomic E-state index is 0.143. The Hall–Kier alpha value is -2.07. The standard InChI is InChI=1S/C16H18FNO2/c1-10-7-8-14(15(9-10)19-3)20-16-12(11(2)18)5-4-6-13(16)17/h4-9,11H,18H2,1-3H3. The van der Waals surface area contributed by atoms with Gasteiger partial charge >= 0.3 is 0 Å². The highest BCUT2D eigenvalue weighted by molar-refractivity contribution is 5.47. The molecule has 0 radical (unpaired) electrons. The number of halogens is 1. The number of nitrogens with two attached hydrogens (primary N) is 1. The lowest BCUT2D eigenvalue weighted by Crippen LogP contribution is -2.08. The lowest BCUT2D eigenvalue weighted by atomic mass is 10.1. The van der Waals surface area contributed by atoms with Crippen LogP contribution in [0.2, 0.25) is 0 Å². The Bertz CT molecular complexity index is 611. The van der Waals surface area contributed by atoms with Crippen molar-refractivity contribution < 1.29 is 13.9 Å². The summed E-state index contributed by atoms with van der Waals surface area (Å²) < 4.78 is 24.9. The van der Waals surface area contributed by atoms with Crippen LogP contribution in [0.1, 0.15) is 24.1 Å². The van der Waals surface area contributed by atoms with Crippen molar-refractivity contribution in [2.24, 2.45) is 5.73 Å². The fourth-order valence-corrected chi connectivity index (χ4v) is 1.96. The zero-order valence-electron chi connectivity index (χ0n) is 11.8. The first-order chi connectivity index (χ1) is 9.52. The molecule has 0 aliphatic heterocycles. The maximum absolute atomic E-state index is 14.0. The molecule has 0 aromatic heterocycles. The van der Waals surface area contributed by atoms with Gasteiger partial charge in [0.15, 0.2) is 23.1 Å². The molecular formula is C16H18FNO2. The maximum atomic E-state index is 14.0. The number of methoxy groups -OCH3 is 1. The van der Waals surface area contributed by atoms with Crippen molar-refractivity contribution in [2.75, 3.05) is 7.11 Å². The zero-order chi connectivity index (χ0) is 14.7. The summed E-state index contributed by atoms with van der Waals surface area (Å²) in [5.41, 5.74) is 7.51. The van der Waals surface area contributed by atoms with E-state index in [9.17, 15) is 4.39 Å². The van der Waals surface area contributed by atoms with E-state index < -0.39 is 5.82 Å². The predicted molar refractivity (Wildman–Crippen MR) is 76.8 cm³/mol. The van der Waals surface area contributed by atoms with Crippen LogP contribution in [0.15, 0.2) is 36.4 Å². The lowest BCUT2D eigenvalue weighted by Gasteiger charge is -2.16. The second kappa shape index (κ2) is 5.92. The average Bonchev–Trinajstić information content (AvgIpc) is 2.42. The van der Waals surface area contributed by atoms with E-state index in [1.165, 1.54) is 6.07 Å². The van der Waals surface area contributed by atoms with Gasteiger partial charge in [-0.3, -0.25) is 0 Å². The Morgan fingerprint density at radius 1 is 1.15 bits per heavy atom. The van der Waals surface area contributed by atoms with Crippen LogP contribution in [0.4, 0.5) is 4.39 Å². The van der Waals surface area contributed by atoms with E-state index >= 15 is 0 Å². The summed E-state index contributed by atoms with van der Waals surface area (Å²) in [6.07, 6.45) is 0. The first-order valence-electron chi connectivity index (χ1n) is 6.39. The minimum atomic E-state index is -0.442. The van der Waals surface area contributed by atoms with E-state index in [4.69, 9.17) is 15.2 Å². The Kier molecular flexibility index (Phi) is 4.25. The fourth-order valence-electron chi connectivity index (χ4n) is 1.96. The quantitative estimate of drug-likeness (QED) is 0.918. The Balaban J connectivity index is 2.45. The largest absolute Gasteiger partial charge is 0.493 e. The summed E-state index contributed by atoms with van der Waals surface area (Å²) in [7, 11) is 1.55. The average molecular weight is 275 g/mol. The molecule has 4 heteroatoms. The van der Waals surface area contributed by atoms with Crippen LogP contribution in [0.25, 0.3) is 0 Å². The first-order valence-corrected chi connectivity index (χ1v) is 6.39. The summed E-state index contributed by atoms with van der Waals surface area (Å²) in [6.45, 7) is 3.73. The molecule has 0 amide bonds. The van der Waals surface area contributed by atoms with E-state index in [0.717, 1.165) is 5.56 Å². The molecule has 0 fully saturated rings. The van der Waals surface area contributed by atoms with Crippen LogP contribution in [0, 0.1) is 12.7 Å². The summed E-state index contributed by atoms with van der Waals surface area (Å²) >= 11 is 0. The molecule has 106 valence electrons. The molecule has 0 bridgehead atoms. The van der Waals surface area contributed by atoms with E-state index in [1.54, 1.807) is 32.2 Å². The molecule has 1 unspecified atom stereocenters. The number of aryl methyl sites for hydroxylation is 1. The highest BCUT2D eigenvalue weighted by atomic mass is 19.1. The predicted octanol–water partition coefficient (Wildman–Crippen LogP) is 3.95. The van der Waals surface area contributed by atoms with Crippen molar-refractivity contribution in [3.63, 3.8) is 0 Å². The number of hydrogen-bond acceptors (Lipinski definition) is 3. The van der Waals surface area contributed by atoms with Crippen LogP contribution >= 0.6 is 0 Å². The minimum Gasteiger partial charge on any atom is -0.493 e. The molecule has 0 spiro atoms. The Labute approximate surface area is 118 Å². The second-order valence-electron chi connectivity index (χ2n) is 4.70. The van der Waals surface area contributed by atoms with Gasteiger partial charge in [0.1, 0.15) is 0 Å². The fraction of sp³-hybridized carbons (Fsp3) is 0.250. The third-order valence-electron chi connectivity index (χ3n) is 3.02. The topological polar surface area (TPSA) is 44.5 Å². The molecular weight excluding hydrogens is 257 g/mol. The highest BCUT2D eigenvalue weighted by Gasteiger charge is 2.16. The number of rotatable bonds is 4. The molecule has 2 aromatic rings. The zero-order valence-corrected chi connectivity index (χ0v) is 11.8. The summed E-state index contributed by atoms with van der Waals surface area (Å²) in [4.78, 5) is 0. The smallest absolute Gasteiger partial charge is 0.169 e. The Morgan fingerprint density at radius 3 is 2.55 bits per heavy atom. The third-order valence-corrected chi connectivity index (χ3v) is 3.02. The van der Waals surface area contributed by atoms with E-state index in [0.29, 0.717) is 17.1 Å². The van der Waals surface area contributed by atoms with Gasteiger partial charge in [-0.25, -0.2) is 4.39 Å². The molecule has 2 rings (SSSR count). The van der Waals surface area contributed by atoms with Crippen molar-refractivity contribution >= 4 is 0 Å². The molecule has 0 aliphatic rings. The van der Waals surface area contributed by atoms with Crippen LogP contribution in [-0.2, 0) is 0 Å². The monoisotopic (exact) mass is 275 g/mol. The lowest BCUT2D eigenvalue weighted by molar-refractivity contribution is 0.368. The van der Waals surface area contributed by atoms with Crippen LogP contribution in [-0.4, -0.2) is 7.11 Å². The molecule has 1 atom stereocenters. The number of ether oxygens (including phenoxy) is 2. The first kappa shape index (κ1) is 14.3. The van der Waals surface area contributed by atoms with Gasteiger partial charge < -0.3 is 15.2 Å². The molecule has 20 heavy (non-hydrogen) atoms. The van der Waals surface area contributed by atoms with Crippen molar-refractivity contribution in [2.45, 2.75) is 19.9 Å². The molecule has 2 N–H and O–H groups in total. The van der Waals surface area contributed by atoms with Gasteiger partial charge in [-0.05, 0) is 37.6 Å². The number of para-hydroxylation sites is 1. The summed E-state index contributed by atoms with van der Waals surface area (Å²) in [5.74, 6) is 0.723. The normalized spacial score (nSPS) is 12.1. The van der Waals surface area contributed by atoms with Gasteiger partial charge in [0.05, 0.1) is 7.11 Å². The van der Waals surface area contributed by atoms with Gasteiger partial charge in [-0.15, -0.1) is 0 Å². The molecule has 0 heterocycles. The molecule has 0 aliphatic carbocycles. The molecule has 2 aromatic carbocycles. The number of hydrogen-bond donors (Lipinski definition) is 1. The Morgan fingerprint density at radius 2 is 1.90 bits per heavy atom. The van der Waals surface area contributed by atoms with Crippen molar-refractivity contribution in [1.82, 2.24) is 0 Å². The van der Waals surface area contributed by atoms with Crippen molar-refractivity contribution in [3.8, 4) is 17.2 Å². The number of benzene rings is 2. The van der Waals surface area contributed by atoms with Crippen LogP contribution < -0.4 is 15.2 Å². The van der Waals surface area contributed by atoms with Gasteiger partial charge in [-0.1, -0.05) is 18.2 Å². The molecule has 0 saturated carbocycles. The van der Waals surface area contributed by atoms with Gasteiger partial charge in [0.25, 0.3) is 0 Å². The highest BCUT2D eigenvalue weighted by Crippen LogP contribution is 2.36.